The van der Waals surface area contributed by atoms with Crippen LogP contribution < -0.4 is 5.32 Å². The standard InChI is InChI=1S/C23H20N4O3/c1-14-18(15(2)27(25-14)17-7-5-4-6-8-17)11-12-21(28)24-16-9-10-19-20(13-16)23(30)26(3)22(19)29/h4-13H,1-3H3,(H,24,28)/b12-11+. The minimum absolute atomic E-state index is 0.292. The third-order valence-electron chi connectivity index (χ3n) is 5.11. The summed E-state index contributed by atoms with van der Waals surface area (Å²) in [5, 5.41) is 7.30. The van der Waals surface area contributed by atoms with Gasteiger partial charge in [-0.3, -0.25) is 19.3 Å². The SMILES string of the molecule is Cc1nn(-c2ccccc2)c(C)c1/C=C/C(=O)Nc1ccc2c(c1)C(=O)N(C)C2=O. The maximum Gasteiger partial charge on any atom is 0.261 e. The molecule has 1 aromatic heterocycles. The summed E-state index contributed by atoms with van der Waals surface area (Å²) in [4.78, 5) is 37.6. The second-order valence-electron chi connectivity index (χ2n) is 7.08. The number of hydrogen-bond donors (Lipinski definition) is 1. The number of fused-ring (bicyclic) bond motifs is 1. The van der Waals surface area contributed by atoms with Crippen molar-refractivity contribution in [2.45, 2.75) is 13.8 Å². The van der Waals surface area contributed by atoms with E-state index < -0.39 is 0 Å². The van der Waals surface area contributed by atoms with Crippen LogP contribution in [0.15, 0.2) is 54.6 Å². The first-order valence-electron chi connectivity index (χ1n) is 9.44. The summed E-state index contributed by atoms with van der Waals surface area (Å²) >= 11 is 0. The van der Waals surface area contributed by atoms with Crippen LogP contribution in [0, 0.1) is 13.8 Å². The number of imide groups is 1. The Morgan fingerprint density at radius 3 is 2.43 bits per heavy atom. The summed E-state index contributed by atoms with van der Waals surface area (Å²) in [5.74, 6) is -1.05. The number of hydrogen-bond acceptors (Lipinski definition) is 4. The molecule has 1 aliphatic rings. The van der Waals surface area contributed by atoms with E-state index >= 15 is 0 Å². The first-order valence-corrected chi connectivity index (χ1v) is 9.44. The Kier molecular flexibility index (Phi) is 4.79. The number of aromatic nitrogens is 2. The van der Waals surface area contributed by atoms with Crippen LogP contribution in [-0.2, 0) is 4.79 Å². The van der Waals surface area contributed by atoms with Crippen LogP contribution >= 0.6 is 0 Å². The molecule has 150 valence electrons. The number of carbonyl (C=O) groups excluding carboxylic acids is 3. The van der Waals surface area contributed by atoms with E-state index in [1.807, 2.05) is 48.9 Å². The highest BCUT2D eigenvalue weighted by molar-refractivity contribution is 6.21. The van der Waals surface area contributed by atoms with E-state index in [4.69, 9.17) is 0 Å². The topological polar surface area (TPSA) is 84.3 Å². The van der Waals surface area contributed by atoms with Crippen LogP contribution in [0.2, 0.25) is 0 Å². The van der Waals surface area contributed by atoms with Crippen molar-refractivity contribution in [2.75, 3.05) is 12.4 Å². The molecule has 0 atom stereocenters. The summed E-state index contributed by atoms with van der Waals surface area (Å²) in [7, 11) is 1.44. The second kappa shape index (κ2) is 7.44. The Balaban J connectivity index is 1.53. The van der Waals surface area contributed by atoms with Crippen LogP contribution in [0.4, 0.5) is 5.69 Å². The fraction of sp³-hybridized carbons (Fsp3) is 0.130. The van der Waals surface area contributed by atoms with Crippen LogP contribution in [0.3, 0.4) is 0 Å². The molecule has 0 saturated carbocycles. The molecule has 0 spiro atoms. The predicted octanol–water partition coefficient (Wildman–Crippen LogP) is 3.37. The molecule has 4 rings (SSSR count). The highest BCUT2D eigenvalue weighted by Gasteiger charge is 2.32. The maximum atomic E-state index is 12.4. The number of benzene rings is 2. The molecule has 0 radical (unpaired) electrons. The van der Waals surface area contributed by atoms with Crippen molar-refractivity contribution in [3.63, 3.8) is 0 Å². The van der Waals surface area contributed by atoms with Gasteiger partial charge in [0.1, 0.15) is 0 Å². The van der Waals surface area contributed by atoms with Gasteiger partial charge in [0.05, 0.1) is 22.5 Å². The minimum atomic E-state index is -0.374. The fourth-order valence-corrected chi connectivity index (χ4v) is 3.50. The quantitative estimate of drug-likeness (QED) is 0.538. The lowest BCUT2D eigenvalue weighted by atomic mass is 10.1. The van der Waals surface area contributed by atoms with E-state index in [-0.39, 0.29) is 17.7 Å². The average Bonchev–Trinajstić information content (AvgIpc) is 3.15. The summed E-state index contributed by atoms with van der Waals surface area (Å²) in [5.41, 5.74) is 4.64. The molecule has 3 amide bonds. The van der Waals surface area contributed by atoms with Crippen LogP contribution in [0.25, 0.3) is 11.8 Å². The maximum absolute atomic E-state index is 12.4. The van der Waals surface area contributed by atoms with Gasteiger partial charge in [-0.2, -0.15) is 5.10 Å². The first kappa shape index (κ1) is 19.3. The number of para-hydroxylation sites is 1. The molecule has 0 unspecified atom stereocenters. The van der Waals surface area contributed by atoms with Crippen LogP contribution in [0.5, 0.6) is 0 Å². The molecular weight excluding hydrogens is 380 g/mol. The normalized spacial score (nSPS) is 13.2. The van der Waals surface area contributed by atoms with Crippen LogP contribution in [-0.4, -0.2) is 39.4 Å². The van der Waals surface area contributed by atoms with E-state index in [2.05, 4.69) is 10.4 Å². The van der Waals surface area contributed by atoms with Gasteiger partial charge in [0, 0.05) is 30.1 Å². The highest BCUT2D eigenvalue weighted by Crippen LogP contribution is 2.25. The Bertz CT molecular complexity index is 1210. The van der Waals surface area contributed by atoms with E-state index in [0.29, 0.717) is 16.8 Å². The second-order valence-corrected chi connectivity index (χ2v) is 7.08. The highest BCUT2D eigenvalue weighted by atomic mass is 16.2. The lowest BCUT2D eigenvalue weighted by Gasteiger charge is -2.04. The molecule has 0 fully saturated rings. The van der Waals surface area contributed by atoms with Crippen molar-refractivity contribution < 1.29 is 14.4 Å². The number of nitrogens with one attached hydrogen (secondary N) is 1. The van der Waals surface area contributed by atoms with Crippen LogP contribution in [0.1, 0.15) is 37.7 Å². The molecule has 0 saturated heterocycles. The van der Waals surface area contributed by atoms with Gasteiger partial charge in [0.25, 0.3) is 11.8 Å². The molecule has 1 N–H and O–H groups in total. The molecule has 7 nitrogen and oxygen atoms in total. The summed E-state index contributed by atoms with van der Waals surface area (Å²) in [6.45, 7) is 3.84. The van der Waals surface area contributed by atoms with Gasteiger partial charge in [-0.05, 0) is 50.3 Å². The van der Waals surface area contributed by atoms with Gasteiger partial charge < -0.3 is 5.32 Å². The summed E-state index contributed by atoms with van der Waals surface area (Å²) in [6, 6.07) is 14.5. The van der Waals surface area contributed by atoms with Gasteiger partial charge in [0.2, 0.25) is 5.91 Å². The summed E-state index contributed by atoms with van der Waals surface area (Å²) < 4.78 is 1.84. The number of nitrogens with zero attached hydrogens (tertiary/aromatic N) is 3. The molecule has 3 aromatic rings. The van der Waals surface area contributed by atoms with Crippen molar-refractivity contribution in [1.82, 2.24) is 14.7 Å². The Labute approximate surface area is 173 Å². The zero-order valence-corrected chi connectivity index (χ0v) is 16.8. The van der Waals surface area contributed by atoms with E-state index in [1.165, 1.54) is 19.2 Å². The van der Waals surface area contributed by atoms with Crippen molar-refractivity contribution >= 4 is 29.5 Å². The first-order chi connectivity index (χ1) is 14.4. The summed E-state index contributed by atoms with van der Waals surface area (Å²) in [6.07, 6.45) is 3.15. The minimum Gasteiger partial charge on any atom is -0.322 e. The molecule has 2 aromatic carbocycles. The molecule has 0 aliphatic carbocycles. The monoisotopic (exact) mass is 400 g/mol. The Morgan fingerprint density at radius 2 is 1.70 bits per heavy atom. The van der Waals surface area contributed by atoms with E-state index in [1.54, 1.807) is 18.2 Å². The number of rotatable bonds is 4. The van der Waals surface area contributed by atoms with E-state index in [0.717, 1.165) is 27.5 Å². The van der Waals surface area contributed by atoms with Crippen molar-refractivity contribution in [1.29, 1.82) is 0 Å². The zero-order chi connectivity index (χ0) is 21.4. The molecular formula is C23H20N4O3. The zero-order valence-electron chi connectivity index (χ0n) is 16.8. The molecule has 0 bridgehead atoms. The van der Waals surface area contributed by atoms with Crippen molar-refractivity contribution in [3.05, 3.63) is 82.7 Å². The fourth-order valence-electron chi connectivity index (χ4n) is 3.50. The van der Waals surface area contributed by atoms with Gasteiger partial charge in [-0.15, -0.1) is 0 Å². The molecule has 30 heavy (non-hydrogen) atoms. The number of anilines is 1. The lowest BCUT2D eigenvalue weighted by molar-refractivity contribution is -0.111. The number of aryl methyl sites for hydroxylation is 1. The predicted molar refractivity (Wildman–Crippen MR) is 114 cm³/mol. The number of amides is 3. The largest absolute Gasteiger partial charge is 0.322 e. The average molecular weight is 400 g/mol. The Morgan fingerprint density at radius 1 is 1.00 bits per heavy atom. The lowest BCUT2D eigenvalue weighted by Crippen LogP contribution is -2.24. The van der Waals surface area contributed by atoms with Gasteiger partial charge in [0.15, 0.2) is 0 Å². The number of carbonyl (C=O) groups is 3. The van der Waals surface area contributed by atoms with Gasteiger partial charge in [-0.1, -0.05) is 18.2 Å². The Hall–Kier alpha value is -4.00. The van der Waals surface area contributed by atoms with Crippen molar-refractivity contribution in [3.8, 4) is 5.69 Å². The van der Waals surface area contributed by atoms with Gasteiger partial charge >= 0.3 is 0 Å². The third-order valence-corrected chi connectivity index (χ3v) is 5.11. The third kappa shape index (κ3) is 3.30. The van der Waals surface area contributed by atoms with Crippen molar-refractivity contribution in [2.24, 2.45) is 0 Å². The smallest absolute Gasteiger partial charge is 0.261 e. The molecule has 1 aliphatic heterocycles. The molecule has 7 heteroatoms. The van der Waals surface area contributed by atoms with E-state index in [9.17, 15) is 14.4 Å². The molecule has 2 heterocycles. The van der Waals surface area contributed by atoms with Gasteiger partial charge in [-0.25, -0.2) is 4.68 Å².